The van der Waals surface area contributed by atoms with Gasteiger partial charge in [-0.15, -0.1) is 0 Å². The van der Waals surface area contributed by atoms with Crippen LogP contribution in [-0.4, -0.2) is 80.5 Å². The molecule has 10 heteroatoms. The third kappa shape index (κ3) is 5.45. The van der Waals surface area contributed by atoms with Crippen molar-refractivity contribution < 1.29 is 38.9 Å². The quantitative estimate of drug-likeness (QED) is 0.650. The molecule has 2 N–H and O–H groups in total. The Balaban J connectivity index is 0.000000181. The Morgan fingerprint density at radius 3 is 1.25 bits per heavy atom. The van der Waals surface area contributed by atoms with Gasteiger partial charge in [0.2, 0.25) is 0 Å². The van der Waals surface area contributed by atoms with Crippen LogP contribution in [0.5, 0.6) is 0 Å². The Labute approximate surface area is 187 Å². The summed E-state index contributed by atoms with van der Waals surface area (Å²) in [6, 6.07) is -1.36. The number of likely N-dealkylation sites (tertiary alicyclic amines) is 2. The summed E-state index contributed by atoms with van der Waals surface area (Å²) < 4.78 is 10.4. The molecule has 4 rings (SSSR count). The number of piperidine rings is 2. The van der Waals surface area contributed by atoms with Gasteiger partial charge in [0.1, 0.15) is 23.3 Å². The first kappa shape index (κ1) is 24.1. The van der Waals surface area contributed by atoms with Crippen molar-refractivity contribution in [2.45, 2.75) is 77.7 Å². The molecule has 6 atom stereocenters. The van der Waals surface area contributed by atoms with Crippen LogP contribution in [0.3, 0.4) is 0 Å². The zero-order valence-electron chi connectivity index (χ0n) is 19.5. The van der Waals surface area contributed by atoms with Crippen molar-refractivity contribution in [1.29, 1.82) is 0 Å². The van der Waals surface area contributed by atoms with E-state index in [9.17, 15) is 19.2 Å². The molecule has 10 nitrogen and oxygen atoms in total. The van der Waals surface area contributed by atoms with Crippen molar-refractivity contribution in [3.05, 3.63) is 0 Å². The Hall–Kier alpha value is -2.52. The van der Waals surface area contributed by atoms with Crippen LogP contribution in [0.25, 0.3) is 0 Å². The summed E-state index contributed by atoms with van der Waals surface area (Å²) in [4.78, 5) is 48.4. The molecule has 0 aromatic rings. The maximum absolute atomic E-state index is 11.8. The van der Waals surface area contributed by atoms with Gasteiger partial charge < -0.3 is 19.7 Å². The number of carboxylic acid groups (broad SMARTS) is 2. The van der Waals surface area contributed by atoms with Gasteiger partial charge in [0.25, 0.3) is 0 Å². The molecule has 2 heterocycles. The molecular formula is C22H34N2O8. The Kier molecular flexibility index (Phi) is 6.12. The van der Waals surface area contributed by atoms with E-state index in [2.05, 4.69) is 0 Å². The summed E-state index contributed by atoms with van der Waals surface area (Å²) in [6.45, 7) is 11.7. The summed E-state index contributed by atoms with van der Waals surface area (Å²) in [6.07, 6.45) is 0.839. The fraction of sp³-hybridized carbons (Fsp3) is 0.818. The van der Waals surface area contributed by atoms with Crippen molar-refractivity contribution in [1.82, 2.24) is 9.80 Å². The van der Waals surface area contributed by atoms with Crippen molar-refractivity contribution >= 4 is 24.1 Å². The highest BCUT2D eigenvalue weighted by atomic mass is 16.6. The van der Waals surface area contributed by atoms with E-state index < -0.39 is 47.4 Å². The average Bonchev–Trinajstić information content (AvgIpc) is 3.47. The van der Waals surface area contributed by atoms with E-state index in [-0.39, 0.29) is 11.8 Å². The molecule has 2 amide bonds. The molecular weight excluding hydrogens is 420 g/mol. The van der Waals surface area contributed by atoms with Crippen LogP contribution in [0.2, 0.25) is 0 Å². The summed E-state index contributed by atoms with van der Waals surface area (Å²) in [5.41, 5.74) is -1.15. The van der Waals surface area contributed by atoms with Gasteiger partial charge in [0.05, 0.1) is 0 Å². The Morgan fingerprint density at radius 1 is 0.688 bits per heavy atom. The standard InChI is InChI=1S/2C11H17NO4/c2*1-11(2,3)16-10(15)12-5-6-4-7(6)8(12)9(13)14/h2*6-8H,4-5H2,1-3H3,(H,13,14)/t2*6-,7-,8-/m10/s1. The maximum atomic E-state index is 11.8. The molecule has 0 bridgehead atoms. The van der Waals surface area contributed by atoms with E-state index in [1.54, 1.807) is 41.5 Å². The highest BCUT2D eigenvalue weighted by Gasteiger charge is 2.58. The molecule has 0 spiro atoms. The molecule has 0 unspecified atom stereocenters. The van der Waals surface area contributed by atoms with E-state index in [1.165, 1.54) is 9.80 Å². The first-order valence-corrected chi connectivity index (χ1v) is 11.0. The maximum Gasteiger partial charge on any atom is 0.411 e. The van der Waals surface area contributed by atoms with Crippen LogP contribution in [0.4, 0.5) is 9.59 Å². The van der Waals surface area contributed by atoms with Crippen LogP contribution < -0.4 is 0 Å². The summed E-state index contributed by atoms with van der Waals surface area (Å²) in [5, 5.41) is 18.2. The summed E-state index contributed by atoms with van der Waals surface area (Å²) >= 11 is 0. The van der Waals surface area contributed by atoms with Gasteiger partial charge in [-0.25, -0.2) is 19.2 Å². The van der Waals surface area contributed by atoms with Crippen LogP contribution in [0.15, 0.2) is 0 Å². The van der Waals surface area contributed by atoms with Crippen LogP contribution >= 0.6 is 0 Å². The van der Waals surface area contributed by atoms with E-state index >= 15 is 0 Å². The van der Waals surface area contributed by atoms with Crippen molar-refractivity contribution in [2.24, 2.45) is 23.7 Å². The lowest BCUT2D eigenvalue weighted by Gasteiger charge is -2.28. The van der Waals surface area contributed by atoms with Gasteiger partial charge in [-0.3, -0.25) is 9.80 Å². The molecule has 0 aromatic heterocycles. The summed E-state index contributed by atoms with van der Waals surface area (Å²) in [7, 11) is 0. The predicted molar refractivity (Wildman–Crippen MR) is 112 cm³/mol. The molecule has 180 valence electrons. The van der Waals surface area contributed by atoms with Crippen LogP contribution in [0, 0.1) is 23.7 Å². The van der Waals surface area contributed by atoms with Gasteiger partial charge in [0, 0.05) is 13.1 Å². The number of ether oxygens (including phenoxy) is 2. The third-order valence-corrected chi connectivity index (χ3v) is 6.06. The van der Waals surface area contributed by atoms with Crippen molar-refractivity contribution in [3.8, 4) is 0 Å². The molecule has 4 fully saturated rings. The highest BCUT2D eigenvalue weighted by molar-refractivity contribution is 5.82. The molecule has 2 saturated carbocycles. The van der Waals surface area contributed by atoms with E-state index in [4.69, 9.17) is 19.7 Å². The second kappa shape index (κ2) is 8.12. The minimum Gasteiger partial charge on any atom is -0.480 e. The number of carbonyl (C=O) groups excluding carboxylic acids is 2. The van der Waals surface area contributed by atoms with Gasteiger partial charge in [-0.05, 0) is 78.1 Å². The number of carbonyl (C=O) groups is 4. The number of carboxylic acids is 2. The first-order valence-electron chi connectivity index (χ1n) is 11.0. The average molecular weight is 455 g/mol. The molecule has 2 aliphatic carbocycles. The lowest BCUT2D eigenvalue weighted by Crippen LogP contribution is -2.45. The fourth-order valence-electron chi connectivity index (χ4n) is 4.58. The number of rotatable bonds is 2. The van der Waals surface area contributed by atoms with Gasteiger partial charge >= 0.3 is 24.1 Å². The second-order valence-electron chi connectivity index (χ2n) is 11.2. The molecule has 2 saturated heterocycles. The minimum atomic E-state index is -0.921. The third-order valence-electron chi connectivity index (χ3n) is 6.06. The number of aliphatic carboxylic acids is 2. The molecule has 4 aliphatic rings. The van der Waals surface area contributed by atoms with Crippen LogP contribution in [-0.2, 0) is 19.1 Å². The van der Waals surface area contributed by atoms with E-state index in [0.29, 0.717) is 24.9 Å². The second-order valence-corrected chi connectivity index (χ2v) is 11.2. The van der Waals surface area contributed by atoms with E-state index in [1.807, 2.05) is 0 Å². The Bertz CT molecular complexity index is 733. The predicted octanol–water partition coefficient (Wildman–Crippen LogP) is 2.65. The highest BCUT2D eigenvalue weighted by Crippen LogP contribution is 2.50. The lowest BCUT2D eigenvalue weighted by atomic mass is 10.2. The molecule has 32 heavy (non-hydrogen) atoms. The van der Waals surface area contributed by atoms with Crippen LogP contribution in [0.1, 0.15) is 54.4 Å². The SMILES string of the molecule is CC(C)(C)OC(=O)N1C[C@@H]2C[C@@H]2[C@H]1C(=O)O.CC(C)(C)OC(=O)N1C[C@H]2C[C@H]2[C@@H]1C(=O)O. The topological polar surface area (TPSA) is 134 Å². The largest absolute Gasteiger partial charge is 0.480 e. The molecule has 0 aromatic carbocycles. The number of hydrogen-bond donors (Lipinski definition) is 2. The minimum absolute atomic E-state index is 0.144. The lowest BCUT2D eigenvalue weighted by molar-refractivity contribution is -0.143. The van der Waals surface area contributed by atoms with Gasteiger partial charge in [-0.1, -0.05) is 0 Å². The first-order chi connectivity index (χ1) is 14.6. The molecule has 2 aliphatic heterocycles. The van der Waals surface area contributed by atoms with Crippen molar-refractivity contribution in [3.63, 3.8) is 0 Å². The summed E-state index contributed by atoms with van der Waals surface area (Å²) in [5.74, 6) is -0.816. The zero-order valence-corrected chi connectivity index (χ0v) is 19.5. The zero-order chi connectivity index (χ0) is 24.2. The Morgan fingerprint density at radius 2 is 1.00 bits per heavy atom. The molecule has 0 radical (unpaired) electrons. The normalized spacial score (nSPS) is 32.2. The van der Waals surface area contributed by atoms with Crippen molar-refractivity contribution in [2.75, 3.05) is 13.1 Å². The number of hydrogen-bond acceptors (Lipinski definition) is 6. The van der Waals surface area contributed by atoms with Gasteiger partial charge in [0.15, 0.2) is 0 Å². The fourth-order valence-corrected chi connectivity index (χ4v) is 4.58. The monoisotopic (exact) mass is 454 g/mol. The number of nitrogens with zero attached hydrogens (tertiary/aromatic N) is 2. The number of fused-ring (bicyclic) bond motifs is 2. The van der Waals surface area contributed by atoms with E-state index in [0.717, 1.165) is 12.8 Å². The van der Waals surface area contributed by atoms with Gasteiger partial charge in [-0.2, -0.15) is 0 Å². The smallest absolute Gasteiger partial charge is 0.411 e. The number of amides is 2.